The van der Waals surface area contributed by atoms with Gasteiger partial charge in [0, 0.05) is 6.42 Å². The van der Waals surface area contributed by atoms with Crippen LogP contribution >= 0.6 is 11.6 Å². The van der Waals surface area contributed by atoms with Gasteiger partial charge in [-0.05, 0) is 29.7 Å². The molecule has 0 fully saturated rings. The Labute approximate surface area is 176 Å². The van der Waals surface area contributed by atoms with E-state index in [0.29, 0.717) is 18.8 Å². The van der Waals surface area contributed by atoms with E-state index in [4.69, 9.17) is 11.6 Å². The molecule has 1 aromatic heterocycles. The number of carbonyl (C=O) groups excluding carboxylic acids is 1. The fourth-order valence-corrected chi connectivity index (χ4v) is 4.05. The van der Waals surface area contributed by atoms with Crippen molar-refractivity contribution in [3.63, 3.8) is 0 Å². The Kier molecular flexibility index (Phi) is 6.59. The number of benzene rings is 2. The van der Waals surface area contributed by atoms with Crippen molar-refractivity contribution < 1.29 is 13.2 Å². The Morgan fingerprint density at radius 2 is 1.86 bits per heavy atom. The molecular formula is C21H24ClN3O3S. The molecule has 0 atom stereocenters. The third-order valence-electron chi connectivity index (χ3n) is 4.81. The summed E-state index contributed by atoms with van der Waals surface area (Å²) in [6, 6.07) is 14.0. The second-order valence-corrected chi connectivity index (χ2v) is 9.20. The molecule has 1 amide bonds. The summed E-state index contributed by atoms with van der Waals surface area (Å²) in [5.41, 5.74) is 1.07. The molecular weight excluding hydrogens is 410 g/mol. The molecule has 3 rings (SSSR count). The van der Waals surface area contributed by atoms with E-state index in [1.807, 2.05) is 42.5 Å². The van der Waals surface area contributed by atoms with Crippen LogP contribution in [0.1, 0.15) is 48.6 Å². The van der Waals surface area contributed by atoms with Crippen LogP contribution in [0.4, 0.5) is 0 Å². The number of amides is 1. The number of rotatable bonds is 8. The zero-order valence-corrected chi connectivity index (χ0v) is 18.1. The van der Waals surface area contributed by atoms with E-state index in [9.17, 15) is 13.2 Å². The van der Waals surface area contributed by atoms with E-state index in [1.165, 1.54) is 6.92 Å². The van der Waals surface area contributed by atoms with Crippen LogP contribution in [0.3, 0.4) is 0 Å². The molecule has 154 valence electrons. The summed E-state index contributed by atoms with van der Waals surface area (Å²) in [5.74, 6) is -0.285. The second-order valence-electron chi connectivity index (χ2n) is 6.83. The molecule has 0 saturated carbocycles. The van der Waals surface area contributed by atoms with Crippen molar-refractivity contribution >= 4 is 38.3 Å². The highest BCUT2D eigenvalue weighted by Gasteiger charge is 2.25. The number of halogens is 1. The monoisotopic (exact) mass is 433 g/mol. The molecule has 0 saturated heterocycles. The summed E-state index contributed by atoms with van der Waals surface area (Å²) in [5, 5.41) is 2.17. The number of unbranched alkanes of at least 4 members (excludes halogenated alkanes) is 1. The lowest BCUT2D eigenvalue weighted by Gasteiger charge is -2.14. The SMILES string of the molecule is CCCCc1nc(Cl)c(C(=O)NS(=O)(=O)CC)n1Cc1cccc2ccccc12. The first-order chi connectivity index (χ1) is 13.9. The van der Waals surface area contributed by atoms with Gasteiger partial charge in [-0.25, -0.2) is 18.1 Å². The van der Waals surface area contributed by atoms with Crippen LogP contribution in [0.5, 0.6) is 0 Å². The minimum Gasteiger partial charge on any atom is -0.318 e. The predicted octanol–water partition coefficient (Wildman–Crippen LogP) is 4.16. The van der Waals surface area contributed by atoms with Gasteiger partial charge in [-0.1, -0.05) is 67.4 Å². The van der Waals surface area contributed by atoms with Gasteiger partial charge in [0.25, 0.3) is 5.91 Å². The van der Waals surface area contributed by atoms with Gasteiger partial charge in [0.2, 0.25) is 10.0 Å². The third-order valence-corrected chi connectivity index (χ3v) is 6.33. The highest BCUT2D eigenvalue weighted by molar-refractivity contribution is 7.90. The van der Waals surface area contributed by atoms with Gasteiger partial charge in [0.15, 0.2) is 5.15 Å². The van der Waals surface area contributed by atoms with Gasteiger partial charge in [0.05, 0.1) is 12.3 Å². The van der Waals surface area contributed by atoms with Crippen molar-refractivity contribution in [3.05, 3.63) is 64.7 Å². The molecule has 1 N–H and O–H groups in total. The van der Waals surface area contributed by atoms with Gasteiger partial charge >= 0.3 is 0 Å². The molecule has 0 spiro atoms. The van der Waals surface area contributed by atoms with Gasteiger partial charge in [-0.15, -0.1) is 0 Å². The summed E-state index contributed by atoms with van der Waals surface area (Å²) in [6.45, 7) is 3.91. The highest BCUT2D eigenvalue weighted by Crippen LogP contribution is 2.24. The predicted molar refractivity (Wildman–Crippen MR) is 116 cm³/mol. The molecule has 29 heavy (non-hydrogen) atoms. The smallest absolute Gasteiger partial charge is 0.284 e. The van der Waals surface area contributed by atoms with Crippen LogP contribution in [0.15, 0.2) is 42.5 Å². The third kappa shape index (κ3) is 4.79. The molecule has 0 aliphatic carbocycles. The molecule has 1 heterocycles. The lowest BCUT2D eigenvalue weighted by Crippen LogP contribution is -2.33. The van der Waals surface area contributed by atoms with Crippen LogP contribution in [0.25, 0.3) is 10.8 Å². The fraction of sp³-hybridized carbons (Fsp3) is 0.333. The van der Waals surface area contributed by atoms with Gasteiger partial charge in [-0.3, -0.25) is 4.79 Å². The number of nitrogens with zero attached hydrogens (tertiary/aromatic N) is 2. The van der Waals surface area contributed by atoms with Crippen molar-refractivity contribution in [3.8, 4) is 0 Å². The van der Waals surface area contributed by atoms with E-state index in [-0.39, 0.29) is 16.6 Å². The Morgan fingerprint density at radius 3 is 2.59 bits per heavy atom. The highest BCUT2D eigenvalue weighted by atomic mass is 35.5. The van der Waals surface area contributed by atoms with Crippen LogP contribution < -0.4 is 4.72 Å². The minimum atomic E-state index is -3.71. The zero-order chi connectivity index (χ0) is 21.0. The van der Waals surface area contributed by atoms with E-state index in [0.717, 1.165) is 29.2 Å². The van der Waals surface area contributed by atoms with E-state index >= 15 is 0 Å². The van der Waals surface area contributed by atoms with Crippen molar-refractivity contribution in [2.24, 2.45) is 0 Å². The normalized spacial score (nSPS) is 11.7. The van der Waals surface area contributed by atoms with E-state index in [2.05, 4.69) is 16.6 Å². The number of fused-ring (bicyclic) bond motifs is 1. The quantitative estimate of drug-likeness (QED) is 0.578. The summed E-state index contributed by atoms with van der Waals surface area (Å²) in [6.07, 6.45) is 2.50. The molecule has 8 heteroatoms. The average molecular weight is 434 g/mol. The van der Waals surface area contributed by atoms with Crippen molar-refractivity contribution in [2.45, 2.75) is 39.7 Å². The van der Waals surface area contributed by atoms with Crippen LogP contribution in [-0.2, 0) is 23.0 Å². The molecule has 2 aromatic carbocycles. The van der Waals surface area contributed by atoms with Crippen LogP contribution in [0, 0.1) is 0 Å². The van der Waals surface area contributed by atoms with Crippen molar-refractivity contribution in [2.75, 3.05) is 5.75 Å². The molecule has 3 aromatic rings. The molecule has 0 unspecified atom stereocenters. The number of sulfonamides is 1. The van der Waals surface area contributed by atoms with Gasteiger partial charge in [-0.2, -0.15) is 0 Å². The summed E-state index contributed by atoms with van der Waals surface area (Å²) in [7, 11) is -3.71. The number of hydrogen-bond donors (Lipinski definition) is 1. The lowest BCUT2D eigenvalue weighted by atomic mass is 10.0. The molecule has 6 nitrogen and oxygen atoms in total. The molecule has 0 aliphatic rings. The van der Waals surface area contributed by atoms with Crippen LogP contribution in [-0.4, -0.2) is 29.6 Å². The lowest BCUT2D eigenvalue weighted by molar-refractivity contribution is 0.0972. The molecule has 0 aliphatic heterocycles. The average Bonchev–Trinajstić information content (AvgIpc) is 3.01. The number of aryl methyl sites for hydroxylation is 1. The number of hydrogen-bond acceptors (Lipinski definition) is 4. The molecule has 0 radical (unpaired) electrons. The fourth-order valence-electron chi connectivity index (χ4n) is 3.24. The Morgan fingerprint density at radius 1 is 1.14 bits per heavy atom. The number of aromatic nitrogens is 2. The Bertz CT molecular complexity index is 1130. The first-order valence-electron chi connectivity index (χ1n) is 9.62. The molecule has 0 bridgehead atoms. The van der Waals surface area contributed by atoms with Crippen molar-refractivity contribution in [1.82, 2.24) is 14.3 Å². The maximum Gasteiger partial charge on any atom is 0.284 e. The van der Waals surface area contributed by atoms with Gasteiger partial charge in [0.1, 0.15) is 11.5 Å². The maximum atomic E-state index is 12.8. The second kappa shape index (κ2) is 8.97. The van der Waals surface area contributed by atoms with Crippen molar-refractivity contribution in [1.29, 1.82) is 0 Å². The summed E-state index contributed by atoms with van der Waals surface area (Å²) in [4.78, 5) is 17.1. The first-order valence-corrected chi connectivity index (χ1v) is 11.7. The van der Waals surface area contributed by atoms with Gasteiger partial charge < -0.3 is 4.57 Å². The number of nitrogens with one attached hydrogen (secondary N) is 1. The number of imidazole rings is 1. The standard InChI is InChI=1S/C21H24ClN3O3S/c1-3-5-13-18-23-20(22)19(21(26)24-29(27,28)4-2)25(18)14-16-11-8-10-15-9-6-7-12-17(15)16/h6-12H,3-5,13-14H2,1-2H3,(H,24,26). The van der Waals surface area contributed by atoms with Crippen LogP contribution in [0.2, 0.25) is 5.15 Å². The minimum absolute atomic E-state index is 0.0140. The summed E-state index contributed by atoms with van der Waals surface area (Å²) < 4.78 is 27.6. The Hall–Kier alpha value is -2.38. The largest absolute Gasteiger partial charge is 0.318 e. The summed E-state index contributed by atoms with van der Waals surface area (Å²) >= 11 is 6.29. The van der Waals surface area contributed by atoms with E-state index in [1.54, 1.807) is 4.57 Å². The zero-order valence-electron chi connectivity index (χ0n) is 16.5. The number of carbonyl (C=O) groups is 1. The maximum absolute atomic E-state index is 12.8. The van der Waals surface area contributed by atoms with E-state index < -0.39 is 15.9 Å². The topological polar surface area (TPSA) is 81.1 Å². The first kappa shape index (κ1) is 21.3. The Balaban J connectivity index is 2.08.